The lowest BCUT2D eigenvalue weighted by Crippen LogP contribution is -2.30. The van der Waals surface area contributed by atoms with Crippen molar-refractivity contribution in [3.8, 4) is 0 Å². The van der Waals surface area contributed by atoms with Gasteiger partial charge in [0.15, 0.2) is 12.2 Å². The number of aliphatic hydroxyl groups excluding tert-OH is 1. The van der Waals surface area contributed by atoms with Crippen LogP contribution in [0.2, 0.25) is 0 Å². The summed E-state index contributed by atoms with van der Waals surface area (Å²) in [4.78, 5) is 73.1. The Labute approximate surface area is 654 Å². The lowest BCUT2D eigenvalue weighted by molar-refractivity contribution is -0.161. The second-order valence-electron chi connectivity index (χ2n) is 26.6. The Kier molecular flexibility index (Phi) is 75.0. The molecule has 0 heterocycles. The molecule has 0 aromatic heterocycles. The summed E-state index contributed by atoms with van der Waals surface area (Å²) >= 11 is 0. The normalized spacial score (nSPS) is 14.8. The average Bonchev–Trinajstić information content (AvgIpc) is 0.906. The van der Waals surface area contributed by atoms with Crippen LogP contribution in [-0.2, 0) is 65.4 Å². The van der Waals surface area contributed by atoms with E-state index < -0.39 is 97.5 Å². The van der Waals surface area contributed by atoms with Gasteiger partial charge in [0.1, 0.15) is 19.3 Å². The number of phosphoric acid groups is 2. The van der Waals surface area contributed by atoms with Crippen molar-refractivity contribution >= 4 is 39.5 Å². The predicted molar refractivity (Wildman–Crippen MR) is 445 cm³/mol. The third-order valence-corrected chi connectivity index (χ3v) is 18.3. The van der Waals surface area contributed by atoms with E-state index in [0.29, 0.717) is 32.1 Å². The van der Waals surface area contributed by atoms with Crippen LogP contribution in [0.5, 0.6) is 0 Å². The van der Waals surface area contributed by atoms with Crippen LogP contribution < -0.4 is 0 Å². The lowest BCUT2D eigenvalue weighted by Gasteiger charge is -2.21. The van der Waals surface area contributed by atoms with Gasteiger partial charge in [0.2, 0.25) is 0 Å². The summed E-state index contributed by atoms with van der Waals surface area (Å²) in [7, 11) is -10.0. The summed E-state index contributed by atoms with van der Waals surface area (Å²) in [6, 6.07) is 0. The zero-order valence-electron chi connectivity index (χ0n) is 66.9. The number of hydrogen-bond acceptors (Lipinski definition) is 15. The second-order valence-corrected chi connectivity index (χ2v) is 29.5. The molecule has 612 valence electrons. The van der Waals surface area contributed by atoms with E-state index in [1.807, 2.05) is 18.2 Å². The molecule has 0 aliphatic rings. The minimum atomic E-state index is -5.01. The highest BCUT2D eigenvalue weighted by Crippen LogP contribution is 2.45. The van der Waals surface area contributed by atoms with Gasteiger partial charge in [-0.05, 0) is 167 Å². The maximum absolute atomic E-state index is 13.1. The van der Waals surface area contributed by atoms with Gasteiger partial charge in [0.25, 0.3) is 0 Å². The number of carbonyl (C=O) groups is 4. The van der Waals surface area contributed by atoms with Gasteiger partial charge in [-0.25, -0.2) is 9.13 Å². The first-order valence-corrected chi connectivity index (χ1v) is 44.0. The van der Waals surface area contributed by atoms with Gasteiger partial charge in [0, 0.05) is 25.7 Å². The highest BCUT2D eigenvalue weighted by atomic mass is 31.2. The van der Waals surface area contributed by atoms with Crippen LogP contribution in [0.25, 0.3) is 0 Å². The number of carbonyl (C=O) groups excluding carboxylic acids is 4. The fourth-order valence-electron chi connectivity index (χ4n) is 10.2. The number of aliphatic hydroxyl groups is 1. The first kappa shape index (κ1) is 102. The minimum absolute atomic E-state index is 0.0234. The molecular formula is C89H144O17P2. The Hall–Kier alpha value is -5.84. The Morgan fingerprint density at radius 2 is 0.500 bits per heavy atom. The highest BCUT2D eigenvalue weighted by molar-refractivity contribution is 7.47. The van der Waals surface area contributed by atoms with Crippen molar-refractivity contribution in [2.75, 3.05) is 39.6 Å². The SMILES string of the molecule is CC/C=C\C/C=C\C/C=C\C/C=C\C/C=C\C/C=C\CCC(=O)OCC(COP(=O)(O)OCC(O)COP(=O)(O)OCC(COC(=O)CCCCCCCCC/C=C\C/C=C\C/C=C\CC)OC(=O)CCCCCCC/C=C\C/C=C\CCCCC)OC(=O)CCCCCC/C=C\C/C=C\C/C=C\C/C=C\CC. The fourth-order valence-corrected chi connectivity index (χ4v) is 11.8. The van der Waals surface area contributed by atoms with Gasteiger partial charge in [-0.2, -0.15) is 0 Å². The molecule has 0 fully saturated rings. The molecule has 0 saturated heterocycles. The van der Waals surface area contributed by atoms with Crippen molar-refractivity contribution in [2.45, 2.75) is 316 Å². The summed E-state index contributed by atoms with van der Waals surface area (Å²) < 4.78 is 68.6. The number of allylic oxidation sites excluding steroid dienone is 30. The quantitative estimate of drug-likeness (QED) is 0.0169. The van der Waals surface area contributed by atoms with Crippen LogP contribution >= 0.6 is 15.6 Å². The summed E-state index contributed by atoms with van der Waals surface area (Å²) in [5, 5.41) is 10.7. The third-order valence-electron chi connectivity index (χ3n) is 16.4. The van der Waals surface area contributed by atoms with Crippen LogP contribution in [0.15, 0.2) is 182 Å². The molecule has 0 bridgehead atoms. The van der Waals surface area contributed by atoms with Crippen LogP contribution in [-0.4, -0.2) is 96.7 Å². The zero-order valence-corrected chi connectivity index (χ0v) is 68.7. The Balaban J connectivity index is 5.50. The standard InChI is InChI=1S/C89H144O17P2/c1-5-9-13-17-21-25-29-33-37-40-41-44-47-50-54-58-62-66-70-74-87(92)100-80-85(106-89(94)76-72-68-64-60-56-52-48-43-39-35-31-27-23-19-15-11-7-3)82-104-108(97,98)102-78-83(90)77-101-107(95,96)103-81-84(105-88(93)75-71-67-63-59-55-51-45-36-32-28-24-20-16-12-8-4)79-99-86(91)73-69-65-61-57-53-49-46-42-38-34-30-26-22-18-14-10-6-2/h9-11,13-15,21-28,33-39,41,44-45,48,50,52,54,62,66,83-85,90H,5-8,12,16-20,29-32,40,42-43,46-47,49,51,53,55-61,63-65,67-82H2,1-4H3,(H,95,96)(H,97,98)/b13-9-,14-10-,15-11-,25-21-,26-22-,27-23-,28-24-,37-33-,38-34-,39-35-,44-41-,45-36-,52-48-,54-50-,66-62-. The molecule has 0 aliphatic carbocycles. The Morgan fingerprint density at radius 3 is 0.796 bits per heavy atom. The molecule has 0 aromatic rings. The van der Waals surface area contributed by atoms with Crippen molar-refractivity contribution in [1.82, 2.24) is 0 Å². The predicted octanol–water partition coefficient (Wildman–Crippen LogP) is 24.3. The number of hydrogen-bond donors (Lipinski definition) is 3. The van der Waals surface area contributed by atoms with E-state index in [-0.39, 0.29) is 25.7 Å². The van der Waals surface area contributed by atoms with Gasteiger partial charge in [-0.15, -0.1) is 0 Å². The Bertz CT molecular complexity index is 2760. The average molecular weight is 1550 g/mol. The molecule has 5 atom stereocenters. The third kappa shape index (κ3) is 78.3. The first-order valence-electron chi connectivity index (χ1n) is 41.0. The van der Waals surface area contributed by atoms with Gasteiger partial charge in [-0.3, -0.25) is 37.3 Å². The Morgan fingerprint density at radius 1 is 0.269 bits per heavy atom. The number of ether oxygens (including phenoxy) is 4. The lowest BCUT2D eigenvalue weighted by atomic mass is 10.1. The van der Waals surface area contributed by atoms with E-state index in [4.69, 9.17) is 37.0 Å². The molecule has 0 saturated carbocycles. The summed E-state index contributed by atoms with van der Waals surface area (Å²) in [6.45, 7) is 4.36. The molecule has 5 unspecified atom stereocenters. The number of phosphoric ester groups is 2. The van der Waals surface area contributed by atoms with Crippen LogP contribution in [0.3, 0.4) is 0 Å². The molecule has 17 nitrogen and oxygen atoms in total. The van der Waals surface area contributed by atoms with Crippen molar-refractivity contribution in [3.63, 3.8) is 0 Å². The summed E-state index contributed by atoms with van der Waals surface area (Å²) in [5.74, 6) is -2.34. The van der Waals surface area contributed by atoms with E-state index in [0.717, 1.165) is 193 Å². The first-order chi connectivity index (χ1) is 52.7. The monoisotopic (exact) mass is 1550 g/mol. The number of esters is 4. The van der Waals surface area contributed by atoms with E-state index in [1.165, 1.54) is 19.3 Å². The maximum Gasteiger partial charge on any atom is 0.472 e. The molecule has 0 aliphatic heterocycles. The van der Waals surface area contributed by atoms with E-state index in [1.54, 1.807) is 0 Å². The van der Waals surface area contributed by atoms with Gasteiger partial charge >= 0.3 is 39.5 Å². The molecule has 108 heavy (non-hydrogen) atoms. The van der Waals surface area contributed by atoms with Crippen molar-refractivity contribution < 1.29 is 80.2 Å². The van der Waals surface area contributed by atoms with E-state index in [2.05, 4.69) is 192 Å². The number of unbranched alkanes of at least 4 members (excludes halogenated alkanes) is 19. The largest absolute Gasteiger partial charge is 0.472 e. The van der Waals surface area contributed by atoms with Gasteiger partial charge < -0.3 is 33.8 Å². The molecule has 0 spiro atoms. The smallest absolute Gasteiger partial charge is 0.462 e. The van der Waals surface area contributed by atoms with Crippen LogP contribution in [0.1, 0.15) is 297 Å². The second kappa shape index (κ2) is 79.3. The van der Waals surface area contributed by atoms with E-state index >= 15 is 0 Å². The highest BCUT2D eigenvalue weighted by Gasteiger charge is 2.30. The molecule has 0 aromatic carbocycles. The molecule has 3 N–H and O–H groups in total. The zero-order chi connectivity index (χ0) is 78.9. The van der Waals surface area contributed by atoms with Crippen LogP contribution in [0, 0.1) is 0 Å². The number of rotatable bonds is 75. The van der Waals surface area contributed by atoms with E-state index in [9.17, 15) is 43.2 Å². The topological polar surface area (TPSA) is 237 Å². The fraction of sp³-hybridized carbons (Fsp3) is 0.618. The minimum Gasteiger partial charge on any atom is -0.462 e. The van der Waals surface area contributed by atoms with Gasteiger partial charge in [0.05, 0.1) is 26.4 Å². The summed E-state index contributed by atoms with van der Waals surface area (Å²) in [6.07, 6.45) is 95.9. The molecule has 19 heteroatoms. The summed E-state index contributed by atoms with van der Waals surface area (Å²) in [5.41, 5.74) is 0. The van der Waals surface area contributed by atoms with Crippen molar-refractivity contribution in [1.29, 1.82) is 0 Å². The van der Waals surface area contributed by atoms with Crippen molar-refractivity contribution in [2.24, 2.45) is 0 Å². The van der Waals surface area contributed by atoms with Gasteiger partial charge in [-0.1, -0.05) is 287 Å². The molecule has 0 rings (SSSR count). The van der Waals surface area contributed by atoms with Crippen molar-refractivity contribution in [3.05, 3.63) is 182 Å². The maximum atomic E-state index is 13.1. The molecule has 0 amide bonds. The molecule has 0 radical (unpaired) electrons. The van der Waals surface area contributed by atoms with Crippen LogP contribution in [0.4, 0.5) is 0 Å². The molecular weight excluding hydrogens is 1400 g/mol.